The molecule has 0 saturated carbocycles. The van der Waals surface area contributed by atoms with Gasteiger partial charge in [-0.15, -0.1) is 0 Å². The van der Waals surface area contributed by atoms with Crippen molar-refractivity contribution in [1.29, 1.82) is 0 Å². The molecular formula is C23H35N3O4. The van der Waals surface area contributed by atoms with Crippen molar-refractivity contribution in [3.63, 3.8) is 0 Å². The maximum atomic E-state index is 12.3. The van der Waals surface area contributed by atoms with Crippen molar-refractivity contribution in [3.8, 4) is 0 Å². The van der Waals surface area contributed by atoms with Gasteiger partial charge >= 0.3 is 6.09 Å². The molecular weight excluding hydrogens is 382 g/mol. The largest absolute Gasteiger partial charge is 0.444 e. The number of benzene rings is 1. The van der Waals surface area contributed by atoms with Gasteiger partial charge in [-0.3, -0.25) is 0 Å². The molecule has 7 nitrogen and oxygen atoms in total. The Morgan fingerprint density at radius 3 is 2.40 bits per heavy atom. The second kappa shape index (κ2) is 10.1. The summed E-state index contributed by atoms with van der Waals surface area (Å²) in [4.78, 5) is 16.7. The van der Waals surface area contributed by atoms with Gasteiger partial charge in [0.25, 0.3) is 0 Å². The number of hydrogen-bond acceptors (Lipinski definition) is 6. The minimum absolute atomic E-state index is 0.0146. The maximum Gasteiger partial charge on any atom is 0.408 e. The van der Waals surface area contributed by atoms with Gasteiger partial charge in [-0.25, -0.2) is 9.78 Å². The van der Waals surface area contributed by atoms with E-state index in [-0.39, 0.29) is 18.1 Å². The average molecular weight is 418 g/mol. The molecule has 0 radical (unpaired) electrons. The Balaban J connectivity index is 2.01. The fourth-order valence-electron chi connectivity index (χ4n) is 2.96. The molecule has 0 aliphatic carbocycles. The monoisotopic (exact) mass is 417 g/mol. The van der Waals surface area contributed by atoms with Crippen molar-refractivity contribution in [2.75, 3.05) is 6.61 Å². The third-order valence-electron chi connectivity index (χ3n) is 4.46. The molecule has 0 aliphatic heterocycles. The third kappa shape index (κ3) is 7.80. The zero-order valence-electron chi connectivity index (χ0n) is 18.9. The van der Waals surface area contributed by atoms with Crippen molar-refractivity contribution in [2.45, 2.75) is 72.2 Å². The van der Waals surface area contributed by atoms with Gasteiger partial charge in [-0.2, -0.15) is 0 Å². The SMILES string of the molecule is CC(C)(C)OC(=O)N[C@H](c1ncc(CN[C@H](CO)Cc2ccccc2)o1)C(C)(C)C. The Morgan fingerprint density at radius 2 is 1.83 bits per heavy atom. The van der Waals surface area contributed by atoms with Crippen LogP contribution in [-0.2, 0) is 17.7 Å². The molecule has 1 heterocycles. The number of aliphatic hydroxyl groups is 1. The molecule has 3 N–H and O–H groups in total. The van der Waals surface area contributed by atoms with E-state index in [1.54, 1.807) is 6.20 Å². The number of amides is 1. The first-order valence-corrected chi connectivity index (χ1v) is 10.3. The van der Waals surface area contributed by atoms with E-state index < -0.39 is 17.7 Å². The average Bonchev–Trinajstić information content (AvgIpc) is 3.10. The zero-order chi connectivity index (χ0) is 22.4. The number of aromatic nitrogens is 1. The summed E-state index contributed by atoms with van der Waals surface area (Å²) in [7, 11) is 0. The molecule has 0 aliphatic rings. The Hall–Kier alpha value is -2.38. The Labute approximate surface area is 179 Å². The quantitative estimate of drug-likeness (QED) is 0.601. The van der Waals surface area contributed by atoms with E-state index in [1.165, 1.54) is 0 Å². The number of carbonyl (C=O) groups excluding carboxylic acids is 1. The number of oxazole rings is 1. The highest BCUT2D eigenvalue weighted by Crippen LogP contribution is 2.32. The second-order valence-corrected chi connectivity index (χ2v) is 9.56. The molecule has 0 fully saturated rings. The molecule has 0 saturated heterocycles. The molecule has 1 aromatic carbocycles. The Bertz CT molecular complexity index is 791. The summed E-state index contributed by atoms with van der Waals surface area (Å²) in [5.74, 6) is 1.06. The van der Waals surface area contributed by atoms with E-state index in [0.717, 1.165) is 5.56 Å². The Kier molecular flexibility index (Phi) is 8.03. The molecule has 0 unspecified atom stereocenters. The first-order valence-electron chi connectivity index (χ1n) is 10.3. The van der Waals surface area contributed by atoms with Crippen molar-refractivity contribution >= 4 is 6.09 Å². The van der Waals surface area contributed by atoms with Crippen LogP contribution in [-0.4, -0.2) is 34.4 Å². The number of nitrogens with zero attached hydrogens (tertiary/aromatic N) is 1. The molecule has 2 aromatic rings. The molecule has 1 amide bonds. The highest BCUT2D eigenvalue weighted by molar-refractivity contribution is 5.68. The summed E-state index contributed by atoms with van der Waals surface area (Å²) < 4.78 is 11.3. The van der Waals surface area contributed by atoms with E-state index in [4.69, 9.17) is 9.15 Å². The lowest BCUT2D eigenvalue weighted by Gasteiger charge is -2.30. The number of alkyl carbamates (subject to hydrolysis) is 1. The van der Waals surface area contributed by atoms with Gasteiger partial charge in [0.2, 0.25) is 5.89 Å². The standard InChI is InChI=1S/C23H35N3O4/c1-22(2,3)19(26-21(28)30-23(4,5)6)20-25-14-18(29-20)13-24-17(15-27)12-16-10-8-7-9-11-16/h7-11,14,17,19,24,27H,12-13,15H2,1-6H3,(H,26,28)/t17-,19+/m0/s1. The summed E-state index contributed by atoms with van der Waals surface area (Å²) in [5, 5.41) is 15.9. The lowest BCUT2D eigenvalue weighted by atomic mass is 9.87. The molecule has 7 heteroatoms. The number of hydrogen-bond donors (Lipinski definition) is 3. The molecule has 0 bridgehead atoms. The molecule has 30 heavy (non-hydrogen) atoms. The van der Waals surface area contributed by atoms with Gasteiger partial charge < -0.3 is 24.9 Å². The van der Waals surface area contributed by atoms with Crippen molar-refractivity contribution in [1.82, 2.24) is 15.6 Å². The predicted molar refractivity (Wildman–Crippen MR) is 116 cm³/mol. The van der Waals surface area contributed by atoms with E-state index in [2.05, 4.69) is 15.6 Å². The first-order chi connectivity index (χ1) is 14.0. The van der Waals surface area contributed by atoms with E-state index in [9.17, 15) is 9.90 Å². The lowest BCUT2D eigenvalue weighted by molar-refractivity contribution is 0.0445. The van der Waals surface area contributed by atoms with Crippen LogP contribution in [0.4, 0.5) is 4.79 Å². The van der Waals surface area contributed by atoms with E-state index in [1.807, 2.05) is 71.9 Å². The molecule has 2 rings (SSSR count). The van der Waals surface area contributed by atoms with Gasteiger partial charge in [-0.05, 0) is 38.2 Å². The van der Waals surface area contributed by atoms with Crippen molar-refractivity contribution in [2.24, 2.45) is 5.41 Å². The fraction of sp³-hybridized carbons (Fsp3) is 0.565. The highest BCUT2D eigenvalue weighted by Gasteiger charge is 2.33. The van der Waals surface area contributed by atoms with Gasteiger partial charge in [0.1, 0.15) is 17.4 Å². The molecule has 2 atom stereocenters. The smallest absolute Gasteiger partial charge is 0.408 e. The first kappa shape index (κ1) is 23.9. The minimum atomic E-state index is -0.587. The van der Waals surface area contributed by atoms with Crippen LogP contribution in [0.2, 0.25) is 0 Å². The maximum absolute atomic E-state index is 12.3. The summed E-state index contributed by atoms with van der Waals surface area (Å²) in [6.07, 6.45) is 1.85. The number of ether oxygens (including phenoxy) is 1. The second-order valence-electron chi connectivity index (χ2n) is 9.56. The number of rotatable bonds is 8. The lowest BCUT2D eigenvalue weighted by Crippen LogP contribution is -2.40. The summed E-state index contributed by atoms with van der Waals surface area (Å²) in [6.45, 7) is 11.9. The third-order valence-corrected chi connectivity index (χ3v) is 4.46. The molecule has 0 spiro atoms. The highest BCUT2D eigenvalue weighted by atomic mass is 16.6. The van der Waals surface area contributed by atoms with Crippen molar-refractivity contribution < 1.29 is 19.1 Å². The van der Waals surface area contributed by atoms with E-state index >= 15 is 0 Å². The summed E-state index contributed by atoms with van der Waals surface area (Å²) in [6, 6.07) is 9.46. The number of aliphatic hydroxyl groups excluding tert-OH is 1. The van der Waals surface area contributed by atoms with Crippen LogP contribution in [0.1, 0.15) is 64.8 Å². The topological polar surface area (TPSA) is 96.6 Å². The fourth-order valence-corrected chi connectivity index (χ4v) is 2.96. The molecule has 1 aromatic heterocycles. The van der Waals surface area contributed by atoms with Crippen LogP contribution in [0.25, 0.3) is 0 Å². The summed E-state index contributed by atoms with van der Waals surface area (Å²) >= 11 is 0. The Morgan fingerprint density at radius 1 is 1.17 bits per heavy atom. The zero-order valence-corrected chi connectivity index (χ0v) is 18.9. The van der Waals surface area contributed by atoms with Crippen LogP contribution in [0, 0.1) is 5.41 Å². The van der Waals surface area contributed by atoms with Crippen LogP contribution < -0.4 is 10.6 Å². The summed E-state index contributed by atoms with van der Waals surface area (Å²) in [5.41, 5.74) is 0.237. The number of nitrogens with one attached hydrogen (secondary N) is 2. The van der Waals surface area contributed by atoms with Gasteiger partial charge in [-0.1, -0.05) is 51.1 Å². The minimum Gasteiger partial charge on any atom is -0.444 e. The van der Waals surface area contributed by atoms with E-state index in [0.29, 0.717) is 24.6 Å². The number of carbonyl (C=O) groups is 1. The normalized spacial score (nSPS) is 14.2. The van der Waals surface area contributed by atoms with Gasteiger partial charge in [0, 0.05) is 6.04 Å². The van der Waals surface area contributed by atoms with Gasteiger partial charge in [0.05, 0.1) is 19.3 Å². The predicted octanol–water partition coefficient (Wildman–Crippen LogP) is 3.98. The molecule has 166 valence electrons. The van der Waals surface area contributed by atoms with Crippen LogP contribution in [0.3, 0.4) is 0 Å². The van der Waals surface area contributed by atoms with Crippen LogP contribution >= 0.6 is 0 Å². The van der Waals surface area contributed by atoms with Crippen LogP contribution in [0.5, 0.6) is 0 Å². The van der Waals surface area contributed by atoms with Crippen molar-refractivity contribution in [3.05, 3.63) is 53.7 Å². The van der Waals surface area contributed by atoms with Gasteiger partial charge in [0.15, 0.2) is 0 Å². The van der Waals surface area contributed by atoms with Crippen LogP contribution in [0.15, 0.2) is 40.9 Å².